The highest BCUT2D eigenvalue weighted by atomic mass is 16.7. The second kappa shape index (κ2) is 14.4. The molecule has 5 heterocycles. The van der Waals surface area contributed by atoms with Crippen molar-refractivity contribution in [2.24, 2.45) is 34.0 Å². The molecule has 0 amide bonds. The molecule has 4 bridgehead atoms. The Morgan fingerprint density at radius 1 is 1.02 bits per heavy atom. The number of Topliss-reactive ketones (excluding diaryl/α,β-unsaturated/α-hetero) is 1. The maximum absolute atomic E-state index is 12.9. The molecule has 0 radical (unpaired) electrons. The first kappa shape index (κ1) is 42.7. The Hall–Kier alpha value is -3.64. The molecule has 350 valence electrons. The minimum absolute atomic E-state index is 0.00457. The first-order valence-corrected chi connectivity index (χ1v) is 24.1. The predicted octanol–water partition coefficient (Wildman–Crippen LogP) is 4.60. The molecule has 2 aromatic carbocycles. The third-order valence-electron chi connectivity index (χ3n) is 18.9. The number of ether oxygens (including phenoxy) is 4. The van der Waals surface area contributed by atoms with Crippen molar-refractivity contribution in [3.05, 3.63) is 51.6 Å². The minimum Gasteiger partial charge on any atom is -0.507 e. The molecule has 9 N–H and O–H groups in total. The third kappa shape index (κ3) is 5.61. The Kier molecular flexibility index (Phi) is 9.49. The number of aromatic hydroxyl groups is 2. The van der Waals surface area contributed by atoms with Crippen molar-refractivity contribution in [1.82, 2.24) is 10.9 Å². The molecule has 65 heavy (non-hydrogen) atoms. The quantitative estimate of drug-likeness (QED) is 0.137. The number of phenols is 2. The lowest BCUT2D eigenvalue weighted by atomic mass is 9.39. The highest BCUT2D eigenvalue weighted by Gasteiger charge is 2.76. The standard InChI is InChI=1S/C50H62N2O13/c1-23-35(24(2)54)39(57)37-28(38(23)56)14-25(44(60)61)15-33(37)63-45-40(58)42(59)50-17-30-36-27(32(65-50)9-8-31(55)43(50)64-45)6-7-29(36)48(12-5-13-53)22-62-19-26-16-47-20-46(10-3-4-11-46)18-34(47)51-52-49(30,21-47)41(26)48/h7,14-15,26,30-32,34,40-43,45,51-53,55-59H,3-6,8-13,16-22H2,1-2H3,(H,60,61)/t26-,30-,31+,32-,34-,40-,41-,42-,43-,45-,47-,48-,49-,50+/m1/s1. The average Bonchev–Trinajstić information content (AvgIpc) is 3.96. The van der Waals surface area contributed by atoms with Crippen LogP contribution in [0.4, 0.5) is 0 Å². The van der Waals surface area contributed by atoms with Crippen molar-refractivity contribution in [1.29, 1.82) is 0 Å². The van der Waals surface area contributed by atoms with E-state index in [1.54, 1.807) is 0 Å². The molecule has 8 fully saturated rings. The molecule has 5 aliphatic heterocycles. The van der Waals surface area contributed by atoms with Crippen LogP contribution in [0.1, 0.15) is 123 Å². The molecule has 15 heteroatoms. The molecular formula is C50H62N2O13. The lowest BCUT2D eigenvalue weighted by Crippen LogP contribution is -2.81. The summed E-state index contributed by atoms with van der Waals surface area (Å²) in [5.41, 5.74) is 9.02. The summed E-state index contributed by atoms with van der Waals surface area (Å²) in [6.07, 6.45) is 6.43. The van der Waals surface area contributed by atoms with E-state index in [-0.39, 0.29) is 81.2 Å². The van der Waals surface area contributed by atoms with Gasteiger partial charge in [-0.15, -0.1) is 0 Å². The number of nitrogens with one attached hydrogen (secondary N) is 2. The van der Waals surface area contributed by atoms with Crippen LogP contribution in [0, 0.1) is 40.9 Å². The van der Waals surface area contributed by atoms with E-state index in [9.17, 15) is 45.3 Å². The summed E-state index contributed by atoms with van der Waals surface area (Å²) >= 11 is 0. The Labute approximate surface area is 377 Å². The van der Waals surface area contributed by atoms with Crippen molar-refractivity contribution in [3.8, 4) is 17.2 Å². The zero-order valence-corrected chi connectivity index (χ0v) is 37.1. The fraction of sp³-hybridized carbons (Fsp3) is 0.680. The fourth-order valence-electron chi connectivity index (χ4n) is 16.9. The number of ketones is 1. The Balaban J connectivity index is 0.982. The second-order valence-corrected chi connectivity index (χ2v) is 22.1. The molecule has 4 spiro atoms. The second-order valence-electron chi connectivity index (χ2n) is 22.1. The number of benzene rings is 2. The van der Waals surface area contributed by atoms with Crippen LogP contribution in [0.15, 0.2) is 34.9 Å². The fourth-order valence-corrected chi connectivity index (χ4v) is 16.9. The summed E-state index contributed by atoms with van der Waals surface area (Å²) in [6, 6.07) is 2.57. The molecule has 4 saturated heterocycles. The van der Waals surface area contributed by atoms with Gasteiger partial charge in [0.2, 0.25) is 6.29 Å². The SMILES string of the molecule is CC(=O)c1c(C)c(O)c2cc(C(=O)O)cc(O[C@@H]3O[C@@H]4[C@@H](O)CC[C@H]5O[C@@]4(C[C@@H]4C6=C5CC=C6[C@@]5(CCCO)COC[C@H]6C[C@]78CC9(CCCC9)C[C@H]7NN[C@@]4(C8)[C@H]65)[C@H](O)[C@H]3O)c2c1O. The van der Waals surface area contributed by atoms with Gasteiger partial charge in [0.15, 0.2) is 5.78 Å². The number of carbonyl (C=O) groups excluding carboxylic acids is 1. The first-order valence-electron chi connectivity index (χ1n) is 24.1. The van der Waals surface area contributed by atoms with Gasteiger partial charge >= 0.3 is 5.97 Å². The molecular weight excluding hydrogens is 837 g/mol. The number of allylic oxidation sites excluding steroid dienone is 1. The number of aliphatic hydroxyl groups excluding tert-OH is 4. The van der Waals surface area contributed by atoms with Crippen molar-refractivity contribution >= 4 is 22.5 Å². The maximum atomic E-state index is 12.9. The van der Waals surface area contributed by atoms with Gasteiger partial charge in [0, 0.05) is 47.1 Å². The molecule has 12 rings (SSSR count). The van der Waals surface area contributed by atoms with Gasteiger partial charge in [-0.25, -0.2) is 4.79 Å². The number of fused-ring (bicyclic) bond motifs is 4. The number of hydrogen-bond acceptors (Lipinski definition) is 14. The van der Waals surface area contributed by atoms with Crippen LogP contribution in [0.25, 0.3) is 10.8 Å². The zero-order valence-electron chi connectivity index (χ0n) is 37.1. The van der Waals surface area contributed by atoms with Gasteiger partial charge in [-0.2, -0.15) is 0 Å². The molecule has 2 aromatic rings. The van der Waals surface area contributed by atoms with Gasteiger partial charge in [-0.3, -0.25) is 15.6 Å². The zero-order chi connectivity index (χ0) is 45.2. The molecule has 0 aromatic heterocycles. The lowest BCUT2D eigenvalue weighted by molar-refractivity contribution is -0.337. The van der Waals surface area contributed by atoms with Crippen LogP contribution in [0.5, 0.6) is 17.2 Å². The van der Waals surface area contributed by atoms with Crippen LogP contribution in [0.3, 0.4) is 0 Å². The summed E-state index contributed by atoms with van der Waals surface area (Å²) in [5, 5.41) is 80.6. The number of aliphatic hydroxyl groups is 4. The van der Waals surface area contributed by atoms with Crippen molar-refractivity contribution in [2.75, 3.05) is 19.8 Å². The van der Waals surface area contributed by atoms with Crippen LogP contribution in [-0.2, 0) is 14.2 Å². The van der Waals surface area contributed by atoms with E-state index in [1.807, 2.05) is 0 Å². The topological polar surface area (TPSA) is 237 Å². The monoisotopic (exact) mass is 898 g/mol. The summed E-state index contributed by atoms with van der Waals surface area (Å²) in [5.74, 6) is -3.10. The summed E-state index contributed by atoms with van der Waals surface area (Å²) in [7, 11) is 0. The number of phenolic OH excluding ortho intramolecular Hbond substituents is 2. The van der Waals surface area contributed by atoms with Crippen molar-refractivity contribution < 1.29 is 64.3 Å². The van der Waals surface area contributed by atoms with E-state index in [4.69, 9.17) is 18.9 Å². The van der Waals surface area contributed by atoms with Crippen LogP contribution in [-0.4, -0.2) is 121 Å². The van der Waals surface area contributed by atoms with Crippen molar-refractivity contribution in [2.45, 2.75) is 158 Å². The first-order chi connectivity index (χ1) is 31.1. The van der Waals surface area contributed by atoms with Gasteiger partial charge < -0.3 is 54.7 Å². The Morgan fingerprint density at radius 3 is 2.57 bits per heavy atom. The summed E-state index contributed by atoms with van der Waals surface area (Å²) in [4.78, 5) is 25.2. The molecule has 10 aliphatic rings. The van der Waals surface area contributed by atoms with Crippen LogP contribution < -0.4 is 15.6 Å². The molecule has 5 aliphatic carbocycles. The van der Waals surface area contributed by atoms with Gasteiger partial charge in [0.25, 0.3) is 0 Å². The number of carbonyl (C=O) groups is 2. The number of hydrazine groups is 1. The average molecular weight is 899 g/mol. The van der Waals surface area contributed by atoms with E-state index in [1.165, 1.54) is 50.7 Å². The summed E-state index contributed by atoms with van der Waals surface area (Å²) < 4.78 is 27.1. The minimum atomic E-state index is -1.81. The number of carboxylic acids is 1. The highest BCUT2D eigenvalue weighted by Crippen LogP contribution is 2.75. The highest BCUT2D eigenvalue weighted by molar-refractivity contribution is 6.11. The van der Waals surface area contributed by atoms with E-state index in [2.05, 4.69) is 16.9 Å². The van der Waals surface area contributed by atoms with Gasteiger partial charge in [-0.1, -0.05) is 18.9 Å². The van der Waals surface area contributed by atoms with Gasteiger partial charge in [0.05, 0.1) is 35.3 Å². The van der Waals surface area contributed by atoms with Gasteiger partial charge in [-0.05, 0) is 142 Å². The predicted molar refractivity (Wildman–Crippen MR) is 232 cm³/mol. The Morgan fingerprint density at radius 2 is 1.82 bits per heavy atom. The third-order valence-corrected chi connectivity index (χ3v) is 18.9. The molecule has 14 atom stereocenters. The summed E-state index contributed by atoms with van der Waals surface area (Å²) in [6.45, 7) is 3.94. The number of carboxylic acid groups (broad SMARTS) is 1. The smallest absolute Gasteiger partial charge is 0.335 e. The van der Waals surface area contributed by atoms with E-state index in [0.29, 0.717) is 43.9 Å². The van der Waals surface area contributed by atoms with Gasteiger partial charge in [0.1, 0.15) is 41.2 Å². The van der Waals surface area contributed by atoms with Crippen molar-refractivity contribution in [3.63, 3.8) is 0 Å². The lowest BCUT2D eigenvalue weighted by Gasteiger charge is -2.72. The number of aromatic carboxylic acids is 1. The largest absolute Gasteiger partial charge is 0.507 e. The van der Waals surface area contributed by atoms with E-state index in [0.717, 1.165) is 49.8 Å². The molecule has 15 nitrogen and oxygen atoms in total. The maximum Gasteiger partial charge on any atom is 0.335 e. The molecule has 4 saturated carbocycles. The van der Waals surface area contributed by atoms with Crippen LogP contribution >= 0.6 is 0 Å². The number of hydrogen-bond donors (Lipinski definition) is 9. The molecule has 0 unspecified atom stereocenters. The van der Waals surface area contributed by atoms with Crippen LogP contribution in [0.2, 0.25) is 0 Å². The Bertz CT molecular complexity index is 2460. The van der Waals surface area contributed by atoms with E-state index >= 15 is 0 Å². The normalized spacial score (nSPS) is 43.0. The number of rotatable bonds is 7. The van der Waals surface area contributed by atoms with E-state index < -0.39 is 71.2 Å².